The molecule has 3 heteroatoms. The van der Waals surface area contributed by atoms with Crippen molar-refractivity contribution in [2.45, 2.75) is 13.2 Å². The number of hydrogen-bond donors (Lipinski definition) is 0. The number of benzene rings is 2. The number of aromatic nitrogens is 1. The van der Waals surface area contributed by atoms with Gasteiger partial charge in [0, 0.05) is 5.56 Å². The van der Waals surface area contributed by atoms with E-state index >= 15 is 0 Å². The van der Waals surface area contributed by atoms with Crippen LogP contribution < -0.4 is 4.57 Å². The van der Waals surface area contributed by atoms with E-state index in [0.717, 1.165) is 22.3 Å². The lowest BCUT2D eigenvalue weighted by Gasteiger charge is -1.98. The van der Waals surface area contributed by atoms with Gasteiger partial charge >= 0.3 is 0 Å². The summed E-state index contributed by atoms with van der Waals surface area (Å²) in [5, 5.41) is 0. The molecular formula is C15H13FNS+. The summed E-state index contributed by atoms with van der Waals surface area (Å²) in [6, 6.07) is 16.1. The summed E-state index contributed by atoms with van der Waals surface area (Å²) < 4.78 is 16.3. The van der Waals surface area contributed by atoms with Crippen LogP contribution in [0.15, 0.2) is 54.0 Å². The lowest BCUT2D eigenvalue weighted by Crippen LogP contribution is -2.32. The van der Waals surface area contributed by atoms with Crippen LogP contribution in [0.3, 0.4) is 0 Å². The van der Waals surface area contributed by atoms with Gasteiger partial charge in [0.05, 0.1) is 5.56 Å². The Morgan fingerprint density at radius 2 is 1.83 bits per heavy atom. The van der Waals surface area contributed by atoms with Crippen LogP contribution in [0, 0.1) is 0 Å². The molecule has 2 aromatic carbocycles. The Morgan fingerprint density at radius 1 is 1.00 bits per heavy atom. The molecule has 0 amide bonds. The predicted molar refractivity (Wildman–Crippen MR) is 72.4 cm³/mol. The molecule has 0 bridgehead atoms. The molecule has 3 rings (SSSR count). The standard InChI is InChI=1S/C15H13FNS/c16-9-13-7-4-8-14-15(13)17(11-18-14)10-12-5-2-1-3-6-12/h1-8,11H,9-10H2/q+1. The van der Waals surface area contributed by atoms with E-state index in [2.05, 4.69) is 22.2 Å². The summed E-state index contributed by atoms with van der Waals surface area (Å²) in [6.07, 6.45) is 0. The second-order valence-corrected chi connectivity index (χ2v) is 5.12. The van der Waals surface area contributed by atoms with E-state index in [-0.39, 0.29) is 0 Å². The van der Waals surface area contributed by atoms with Crippen LogP contribution in [0.4, 0.5) is 4.39 Å². The Hall–Kier alpha value is -1.74. The maximum Gasteiger partial charge on any atom is 0.229 e. The highest BCUT2D eigenvalue weighted by Crippen LogP contribution is 2.21. The van der Waals surface area contributed by atoms with Gasteiger partial charge in [-0.05, 0) is 12.1 Å². The number of fused-ring (bicyclic) bond motifs is 1. The topological polar surface area (TPSA) is 3.88 Å². The van der Waals surface area contributed by atoms with Gasteiger partial charge < -0.3 is 0 Å². The molecule has 0 aliphatic heterocycles. The summed E-state index contributed by atoms with van der Waals surface area (Å²) in [4.78, 5) is 0. The van der Waals surface area contributed by atoms with Gasteiger partial charge in [0.15, 0.2) is 6.54 Å². The van der Waals surface area contributed by atoms with Crippen molar-refractivity contribution in [1.82, 2.24) is 0 Å². The van der Waals surface area contributed by atoms with Crippen molar-refractivity contribution in [1.29, 1.82) is 0 Å². The molecule has 3 aromatic rings. The molecular weight excluding hydrogens is 245 g/mol. The quantitative estimate of drug-likeness (QED) is 0.631. The molecule has 0 saturated heterocycles. The summed E-state index contributed by atoms with van der Waals surface area (Å²) in [5.41, 5.74) is 5.09. The first-order valence-electron chi connectivity index (χ1n) is 5.87. The Kier molecular flexibility index (Phi) is 3.07. The third-order valence-corrected chi connectivity index (χ3v) is 3.96. The maximum atomic E-state index is 13.0. The zero-order chi connectivity index (χ0) is 12.4. The van der Waals surface area contributed by atoms with Crippen molar-refractivity contribution in [3.05, 3.63) is 65.2 Å². The van der Waals surface area contributed by atoms with Gasteiger partial charge in [0.25, 0.3) is 0 Å². The Bertz CT molecular complexity index is 661. The van der Waals surface area contributed by atoms with Crippen molar-refractivity contribution >= 4 is 21.6 Å². The number of thiazole rings is 1. The average molecular weight is 258 g/mol. The lowest BCUT2D eigenvalue weighted by molar-refractivity contribution is -0.658. The van der Waals surface area contributed by atoms with Crippen LogP contribution in [0.2, 0.25) is 0 Å². The van der Waals surface area contributed by atoms with E-state index in [1.807, 2.05) is 36.4 Å². The molecule has 18 heavy (non-hydrogen) atoms. The summed E-state index contributed by atoms with van der Waals surface area (Å²) >= 11 is 1.66. The van der Waals surface area contributed by atoms with Gasteiger partial charge in [-0.25, -0.2) is 4.39 Å². The average Bonchev–Trinajstić information content (AvgIpc) is 2.83. The number of hydrogen-bond acceptors (Lipinski definition) is 1. The molecule has 0 aliphatic rings. The Labute approximate surface area is 109 Å². The van der Waals surface area contributed by atoms with E-state index in [1.54, 1.807) is 11.3 Å². The van der Waals surface area contributed by atoms with Gasteiger partial charge in [-0.2, -0.15) is 4.57 Å². The first kappa shape index (κ1) is 11.4. The van der Waals surface area contributed by atoms with Crippen LogP contribution in [0.5, 0.6) is 0 Å². The molecule has 0 atom stereocenters. The largest absolute Gasteiger partial charge is 0.246 e. The maximum absolute atomic E-state index is 13.0. The van der Waals surface area contributed by atoms with Gasteiger partial charge in [-0.1, -0.05) is 47.7 Å². The van der Waals surface area contributed by atoms with Crippen LogP contribution >= 0.6 is 11.3 Å². The normalized spacial score (nSPS) is 10.9. The van der Waals surface area contributed by atoms with Crippen LogP contribution in [0.25, 0.3) is 10.2 Å². The van der Waals surface area contributed by atoms with Gasteiger partial charge in [0.2, 0.25) is 11.0 Å². The molecule has 0 spiro atoms. The summed E-state index contributed by atoms with van der Waals surface area (Å²) in [7, 11) is 0. The first-order valence-corrected chi connectivity index (χ1v) is 6.75. The molecule has 1 aromatic heterocycles. The highest BCUT2D eigenvalue weighted by atomic mass is 32.1. The Morgan fingerprint density at radius 3 is 2.61 bits per heavy atom. The third-order valence-electron chi connectivity index (χ3n) is 3.02. The van der Waals surface area contributed by atoms with Crippen molar-refractivity contribution < 1.29 is 8.96 Å². The highest BCUT2D eigenvalue weighted by Gasteiger charge is 2.16. The minimum atomic E-state index is -0.414. The molecule has 1 nitrogen and oxygen atoms in total. The summed E-state index contributed by atoms with van der Waals surface area (Å²) in [5.74, 6) is 0. The number of rotatable bonds is 3. The van der Waals surface area contributed by atoms with Crippen molar-refractivity contribution in [2.75, 3.05) is 0 Å². The fourth-order valence-electron chi connectivity index (χ4n) is 2.17. The second kappa shape index (κ2) is 4.86. The zero-order valence-corrected chi connectivity index (χ0v) is 10.7. The zero-order valence-electron chi connectivity index (χ0n) is 9.84. The fourth-order valence-corrected chi connectivity index (χ4v) is 3.10. The van der Waals surface area contributed by atoms with Gasteiger partial charge in [0.1, 0.15) is 11.4 Å². The fraction of sp³-hybridized carbons (Fsp3) is 0.133. The molecule has 90 valence electrons. The Balaban J connectivity index is 2.07. The minimum Gasteiger partial charge on any atom is -0.246 e. The van der Waals surface area contributed by atoms with Crippen molar-refractivity contribution in [3.63, 3.8) is 0 Å². The van der Waals surface area contributed by atoms with Crippen LogP contribution in [-0.2, 0) is 13.2 Å². The summed E-state index contributed by atoms with van der Waals surface area (Å²) in [6.45, 7) is 0.376. The molecule has 0 N–H and O–H groups in total. The van der Waals surface area contributed by atoms with E-state index in [1.165, 1.54) is 5.56 Å². The van der Waals surface area contributed by atoms with Gasteiger partial charge in [-0.3, -0.25) is 0 Å². The number of nitrogens with zero attached hydrogens (tertiary/aromatic N) is 1. The smallest absolute Gasteiger partial charge is 0.229 e. The van der Waals surface area contributed by atoms with Crippen LogP contribution in [-0.4, -0.2) is 0 Å². The number of para-hydroxylation sites is 1. The first-order chi connectivity index (χ1) is 8.88. The van der Waals surface area contributed by atoms with E-state index in [9.17, 15) is 4.39 Å². The molecule has 0 unspecified atom stereocenters. The molecule has 0 fully saturated rings. The molecule has 0 radical (unpaired) electrons. The lowest BCUT2D eigenvalue weighted by atomic mass is 10.2. The van der Waals surface area contributed by atoms with Crippen molar-refractivity contribution in [2.24, 2.45) is 0 Å². The minimum absolute atomic E-state index is 0.414. The predicted octanol–water partition coefficient (Wildman–Crippen LogP) is 3.71. The monoisotopic (exact) mass is 258 g/mol. The third kappa shape index (κ3) is 2.02. The second-order valence-electron chi connectivity index (χ2n) is 4.23. The number of alkyl halides is 1. The SMILES string of the molecule is FCc1cccc2sc[n+](Cc3ccccc3)c12. The van der Waals surface area contributed by atoms with Crippen molar-refractivity contribution in [3.8, 4) is 0 Å². The molecule has 0 aliphatic carbocycles. The highest BCUT2D eigenvalue weighted by molar-refractivity contribution is 7.16. The molecule has 1 heterocycles. The van der Waals surface area contributed by atoms with E-state index in [0.29, 0.717) is 0 Å². The van der Waals surface area contributed by atoms with E-state index in [4.69, 9.17) is 0 Å². The molecule has 0 saturated carbocycles. The number of halogens is 1. The van der Waals surface area contributed by atoms with E-state index < -0.39 is 6.67 Å². The van der Waals surface area contributed by atoms with Gasteiger partial charge in [-0.15, -0.1) is 0 Å². The van der Waals surface area contributed by atoms with Crippen LogP contribution in [0.1, 0.15) is 11.1 Å².